The summed E-state index contributed by atoms with van der Waals surface area (Å²) in [5.41, 5.74) is 4.05. The Morgan fingerprint density at radius 3 is 2.07 bits per heavy atom. The van der Waals surface area contributed by atoms with Crippen LogP contribution in [0.15, 0.2) is 48.7 Å². The van der Waals surface area contributed by atoms with Gasteiger partial charge < -0.3 is 29.0 Å². The molecule has 0 aliphatic carbocycles. The van der Waals surface area contributed by atoms with Crippen LogP contribution in [0.3, 0.4) is 0 Å². The standard InChI is InChI=1S/C23H27NO5/c1-26-19-8-7-16(13-20(19)27-2)23(18-6-5-10-24-18)17-14-22(29-4)21(28-3)12-15(17)9-11-25/h5-8,10,12-14,23-25H,9,11H2,1-4H3. The largest absolute Gasteiger partial charge is 0.493 e. The van der Waals surface area contributed by atoms with Crippen molar-refractivity contribution in [3.8, 4) is 23.0 Å². The Morgan fingerprint density at radius 1 is 0.828 bits per heavy atom. The predicted molar refractivity (Wildman–Crippen MR) is 112 cm³/mol. The van der Waals surface area contributed by atoms with Crippen molar-refractivity contribution in [2.24, 2.45) is 0 Å². The van der Waals surface area contributed by atoms with Gasteiger partial charge in [0.1, 0.15) is 0 Å². The van der Waals surface area contributed by atoms with E-state index in [1.54, 1.807) is 28.4 Å². The van der Waals surface area contributed by atoms with E-state index < -0.39 is 0 Å². The summed E-state index contributed by atoms with van der Waals surface area (Å²) in [7, 11) is 6.47. The summed E-state index contributed by atoms with van der Waals surface area (Å²) in [6, 6.07) is 13.8. The molecule has 2 N–H and O–H groups in total. The minimum Gasteiger partial charge on any atom is -0.493 e. The third-order valence-corrected chi connectivity index (χ3v) is 5.01. The Kier molecular flexibility index (Phi) is 6.67. The van der Waals surface area contributed by atoms with Crippen molar-refractivity contribution < 1.29 is 24.1 Å². The SMILES string of the molecule is COc1ccc(C(c2ccc[nH]2)c2cc(OC)c(OC)cc2CCO)cc1OC. The van der Waals surface area contributed by atoms with Crippen LogP contribution in [0.4, 0.5) is 0 Å². The maximum atomic E-state index is 9.65. The number of H-pyrrole nitrogens is 1. The van der Waals surface area contributed by atoms with E-state index in [2.05, 4.69) is 4.98 Å². The second-order valence-corrected chi connectivity index (χ2v) is 6.55. The van der Waals surface area contributed by atoms with E-state index in [9.17, 15) is 5.11 Å². The zero-order chi connectivity index (χ0) is 20.8. The molecule has 1 atom stereocenters. The number of aliphatic hydroxyl groups excluding tert-OH is 1. The van der Waals surface area contributed by atoms with Crippen molar-refractivity contribution >= 4 is 0 Å². The third-order valence-electron chi connectivity index (χ3n) is 5.01. The first-order valence-corrected chi connectivity index (χ1v) is 9.37. The summed E-state index contributed by atoms with van der Waals surface area (Å²) in [4.78, 5) is 3.33. The molecular formula is C23H27NO5. The van der Waals surface area contributed by atoms with E-state index in [4.69, 9.17) is 18.9 Å². The molecule has 2 aromatic carbocycles. The fourth-order valence-corrected chi connectivity index (χ4v) is 3.63. The molecule has 0 aliphatic rings. The highest BCUT2D eigenvalue weighted by atomic mass is 16.5. The van der Waals surface area contributed by atoms with Crippen LogP contribution in [0.25, 0.3) is 0 Å². The first-order valence-electron chi connectivity index (χ1n) is 9.37. The number of hydrogen-bond donors (Lipinski definition) is 2. The van der Waals surface area contributed by atoms with Crippen LogP contribution < -0.4 is 18.9 Å². The van der Waals surface area contributed by atoms with Crippen LogP contribution in [-0.2, 0) is 6.42 Å². The van der Waals surface area contributed by atoms with E-state index >= 15 is 0 Å². The lowest BCUT2D eigenvalue weighted by Gasteiger charge is -2.23. The Bertz CT molecular complexity index is 937. The molecule has 6 nitrogen and oxygen atoms in total. The van der Waals surface area contributed by atoms with Crippen molar-refractivity contribution in [2.75, 3.05) is 35.0 Å². The van der Waals surface area contributed by atoms with E-state index in [0.29, 0.717) is 29.4 Å². The van der Waals surface area contributed by atoms with E-state index in [0.717, 1.165) is 22.4 Å². The Morgan fingerprint density at radius 2 is 1.48 bits per heavy atom. The molecule has 6 heteroatoms. The van der Waals surface area contributed by atoms with Gasteiger partial charge in [-0.3, -0.25) is 0 Å². The molecule has 0 radical (unpaired) electrons. The van der Waals surface area contributed by atoms with Crippen LogP contribution in [-0.4, -0.2) is 45.1 Å². The number of methoxy groups -OCH3 is 4. The lowest BCUT2D eigenvalue weighted by atomic mass is 9.84. The average molecular weight is 397 g/mol. The van der Waals surface area contributed by atoms with Gasteiger partial charge in [-0.15, -0.1) is 0 Å². The molecule has 0 amide bonds. The zero-order valence-electron chi connectivity index (χ0n) is 17.2. The van der Waals surface area contributed by atoms with Crippen molar-refractivity contribution in [2.45, 2.75) is 12.3 Å². The molecule has 3 rings (SSSR count). The van der Waals surface area contributed by atoms with Gasteiger partial charge >= 0.3 is 0 Å². The monoisotopic (exact) mass is 397 g/mol. The Hall–Kier alpha value is -3.12. The number of aliphatic hydroxyl groups is 1. The molecule has 29 heavy (non-hydrogen) atoms. The molecule has 0 fully saturated rings. The van der Waals surface area contributed by atoms with Gasteiger partial charge in [-0.25, -0.2) is 0 Å². The smallest absolute Gasteiger partial charge is 0.161 e. The van der Waals surface area contributed by atoms with Gasteiger partial charge in [0.25, 0.3) is 0 Å². The summed E-state index contributed by atoms with van der Waals surface area (Å²) >= 11 is 0. The van der Waals surface area contributed by atoms with Gasteiger partial charge in [-0.1, -0.05) is 6.07 Å². The number of ether oxygens (including phenoxy) is 4. The van der Waals surface area contributed by atoms with E-state index in [-0.39, 0.29) is 12.5 Å². The Balaban J connectivity index is 2.24. The number of rotatable bonds is 9. The van der Waals surface area contributed by atoms with Crippen molar-refractivity contribution in [1.82, 2.24) is 4.98 Å². The maximum Gasteiger partial charge on any atom is 0.161 e. The second-order valence-electron chi connectivity index (χ2n) is 6.55. The minimum atomic E-state index is -0.119. The van der Waals surface area contributed by atoms with Crippen LogP contribution in [0.5, 0.6) is 23.0 Å². The molecule has 1 heterocycles. The molecule has 1 aromatic heterocycles. The van der Waals surface area contributed by atoms with Crippen LogP contribution >= 0.6 is 0 Å². The Labute approximate surface area is 171 Å². The first kappa shape index (κ1) is 20.6. The molecule has 0 saturated heterocycles. The van der Waals surface area contributed by atoms with E-state index in [1.165, 1.54) is 0 Å². The number of nitrogens with one attached hydrogen (secondary N) is 1. The molecule has 0 saturated carbocycles. The number of aromatic nitrogens is 1. The normalized spacial score (nSPS) is 11.8. The first-order chi connectivity index (χ1) is 14.2. The summed E-state index contributed by atoms with van der Waals surface area (Å²) in [5, 5.41) is 9.65. The lowest BCUT2D eigenvalue weighted by Crippen LogP contribution is -2.10. The maximum absolute atomic E-state index is 9.65. The van der Waals surface area contributed by atoms with Crippen LogP contribution in [0.2, 0.25) is 0 Å². The van der Waals surface area contributed by atoms with Crippen molar-refractivity contribution in [3.63, 3.8) is 0 Å². The highest BCUT2D eigenvalue weighted by Crippen LogP contribution is 2.41. The highest BCUT2D eigenvalue weighted by Gasteiger charge is 2.24. The van der Waals surface area contributed by atoms with Gasteiger partial charge in [0.05, 0.1) is 28.4 Å². The molecular weight excluding hydrogens is 370 g/mol. The minimum absolute atomic E-state index is 0.0336. The molecule has 154 valence electrons. The zero-order valence-corrected chi connectivity index (χ0v) is 17.2. The summed E-state index contributed by atoms with van der Waals surface area (Å²) < 4.78 is 21.9. The predicted octanol–water partition coefficient (Wildman–Crippen LogP) is 3.76. The fourth-order valence-electron chi connectivity index (χ4n) is 3.63. The van der Waals surface area contributed by atoms with Crippen molar-refractivity contribution in [3.05, 3.63) is 71.0 Å². The highest BCUT2D eigenvalue weighted by molar-refractivity contribution is 5.55. The van der Waals surface area contributed by atoms with E-state index in [1.807, 2.05) is 48.7 Å². The number of hydrogen-bond acceptors (Lipinski definition) is 5. The summed E-state index contributed by atoms with van der Waals surface area (Å²) in [5.74, 6) is 2.49. The number of aromatic amines is 1. The van der Waals surface area contributed by atoms with Crippen LogP contribution in [0.1, 0.15) is 28.3 Å². The third kappa shape index (κ3) is 4.17. The molecule has 1 unspecified atom stereocenters. The number of benzene rings is 2. The van der Waals surface area contributed by atoms with Crippen molar-refractivity contribution in [1.29, 1.82) is 0 Å². The summed E-state index contributed by atoms with van der Waals surface area (Å²) in [6.45, 7) is 0.0336. The topological polar surface area (TPSA) is 72.9 Å². The summed E-state index contributed by atoms with van der Waals surface area (Å²) in [6.07, 6.45) is 2.40. The molecule has 0 bridgehead atoms. The van der Waals surface area contributed by atoms with Gasteiger partial charge in [-0.2, -0.15) is 0 Å². The average Bonchev–Trinajstić information content (AvgIpc) is 3.28. The fraction of sp³-hybridized carbons (Fsp3) is 0.304. The van der Waals surface area contributed by atoms with Crippen LogP contribution in [0, 0.1) is 0 Å². The van der Waals surface area contributed by atoms with Gasteiger partial charge in [0.15, 0.2) is 23.0 Å². The van der Waals surface area contributed by atoms with Gasteiger partial charge in [0.2, 0.25) is 0 Å². The molecule has 0 spiro atoms. The lowest BCUT2D eigenvalue weighted by molar-refractivity contribution is 0.298. The van der Waals surface area contributed by atoms with Gasteiger partial charge in [-0.05, 0) is 59.5 Å². The van der Waals surface area contributed by atoms with Gasteiger partial charge in [0, 0.05) is 24.4 Å². The molecule has 0 aliphatic heterocycles. The second kappa shape index (κ2) is 9.39. The quantitative estimate of drug-likeness (QED) is 0.575. The molecule has 3 aromatic rings.